The summed E-state index contributed by atoms with van der Waals surface area (Å²) in [6.07, 6.45) is 1.55. The lowest BCUT2D eigenvalue weighted by atomic mass is 10.1. The van der Waals surface area contributed by atoms with Gasteiger partial charge in [0.25, 0.3) is 11.9 Å². The van der Waals surface area contributed by atoms with Crippen LogP contribution in [-0.2, 0) is 13.1 Å². The van der Waals surface area contributed by atoms with E-state index in [1.165, 1.54) is 4.80 Å². The molecule has 0 saturated carbocycles. The van der Waals surface area contributed by atoms with Crippen molar-refractivity contribution in [2.75, 3.05) is 5.32 Å². The van der Waals surface area contributed by atoms with Gasteiger partial charge in [-0.15, -0.1) is 5.10 Å². The van der Waals surface area contributed by atoms with E-state index >= 15 is 0 Å². The number of furan rings is 1. The van der Waals surface area contributed by atoms with Crippen LogP contribution in [0, 0.1) is 0 Å². The molecule has 2 heterocycles. The fraction of sp³-hybridized carbons (Fsp3) is 0.278. The van der Waals surface area contributed by atoms with Gasteiger partial charge in [0.05, 0.1) is 18.8 Å². The summed E-state index contributed by atoms with van der Waals surface area (Å²) >= 11 is 0. The van der Waals surface area contributed by atoms with Crippen molar-refractivity contribution in [1.29, 1.82) is 0 Å². The summed E-state index contributed by atoms with van der Waals surface area (Å²) in [6, 6.07) is 10.1. The SMILES string of the molecule is CC(C)n1nnc(NC(=O)NCc2cccc(C(=O)NCc3ccco3)c2)n1. The van der Waals surface area contributed by atoms with Crippen molar-refractivity contribution in [3.8, 4) is 0 Å². The molecule has 0 fully saturated rings. The molecule has 10 nitrogen and oxygen atoms in total. The number of urea groups is 1. The highest BCUT2D eigenvalue weighted by Crippen LogP contribution is 2.07. The van der Waals surface area contributed by atoms with E-state index in [0.717, 1.165) is 5.56 Å². The summed E-state index contributed by atoms with van der Waals surface area (Å²) in [6.45, 7) is 4.36. The van der Waals surface area contributed by atoms with Gasteiger partial charge in [0.1, 0.15) is 5.76 Å². The lowest BCUT2D eigenvalue weighted by Crippen LogP contribution is -2.29. The van der Waals surface area contributed by atoms with Gasteiger partial charge in [-0.3, -0.25) is 10.1 Å². The van der Waals surface area contributed by atoms with E-state index in [1.807, 2.05) is 19.9 Å². The maximum atomic E-state index is 12.3. The number of hydrogen-bond acceptors (Lipinski definition) is 6. The second-order valence-corrected chi connectivity index (χ2v) is 6.30. The predicted octanol–water partition coefficient (Wildman–Crippen LogP) is 2.10. The average molecular weight is 383 g/mol. The first kappa shape index (κ1) is 19.1. The normalized spacial score (nSPS) is 10.7. The number of amides is 3. The van der Waals surface area contributed by atoms with Crippen molar-refractivity contribution < 1.29 is 14.0 Å². The number of anilines is 1. The molecule has 0 spiro atoms. The van der Waals surface area contributed by atoms with Gasteiger partial charge in [0, 0.05) is 12.1 Å². The van der Waals surface area contributed by atoms with Crippen LogP contribution in [0.25, 0.3) is 0 Å². The Morgan fingerprint density at radius 1 is 1.14 bits per heavy atom. The Morgan fingerprint density at radius 3 is 2.71 bits per heavy atom. The molecule has 0 aliphatic rings. The number of hydrogen-bond donors (Lipinski definition) is 3. The molecular formula is C18H21N7O3. The minimum absolute atomic E-state index is 0.0489. The highest BCUT2D eigenvalue weighted by molar-refractivity contribution is 5.94. The number of carbonyl (C=O) groups excluding carboxylic acids is 2. The summed E-state index contributed by atoms with van der Waals surface area (Å²) < 4.78 is 5.19. The predicted molar refractivity (Wildman–Crippen MR) is 100 cm³/mol. The van der Waals surface area contributed by atoms with E-state index in [0.29, 0.717) is 17.9 Å². The Labute approximate surface area is 161 Å². The highest BCUT2D eigenvalue weighted by Gasteiger charge is 2.10. The van der Waals surface area contributed by atoms with Gasteiger partial charge in [-0.05, 0) is 48.9 Å². The number of tetrazole rings is 1. The molecule has 28 heavy (non-hydrogen) atoms. The maximum Gasteiger partial charge on any atom is 0.321 e. The first-order valence-electron chi connectivity index (χ1n) is 8.75. The second kappa shape index (κ2) is 8.80. The molecule has 0 bridgehead atoms. The quantitative estimate of drug-likeness (QED) is 0.573. The van der Waals surface area contributed by atoms with Crippen LogP contribution in [-0.4, -0.2) is 32.1 Å². The minimum Gasteiger partial charge on any atom is -0.467 e. The highest BCUT2D eigenvalue weighted by atomic mass is 16.3. The number of rotatable bonds is 7. The third-order valence-corrected chi connectivity index (χ3v) is 3.76. The second-order valence-electron chi connectivity index (χ2n) is 6.30. The monoisotopic (exact) mass is 383 g/mol. The Morgan fingerprint density at radius 2 is 2.00 bits per heavy atom. The van der Waals surface area contributed by atoms with Crippen molar-refractivity contribution in [3.63, 3.8) is 0 Å². The van der Waals surface area contributed by atoms with E-state index in [1.54, 1.807) is 36.6 Å². The van der Waals surface area contributed by atoms with E-state index in [4.69, 9.17) is 4.42 Å². The molecule has 10 heteroatoms. The van der Waals surface area contributed by atoms with E-state index < -0.39 is 6.03 Å². The van der Waals surface area contributed by atoms with Crippen LogP contribution < -0.4 is 16.0 Å². The molecule has 0 saturated heterocycles. The molecule has 0 unspecified atom stereocenters. The zero-order chi connectivity index (χ0) is 19.9. The van der Waals surface area contributed by atoms with Gasteiger partial charge in [-0.1, -0.05) is 17.2 Å². The maximum absolute atomic E-state index is 12.3. The fourth-order valence-electron chi connectivity index (χ4n) is 2.33. The van der Waals surface area contributed by atoms with Crippen LogP contribution in [0.2, 0.25) is 0 Å². The lowest BCUT2D eigenvalue weighted by molar-refractivity contribution is 0.0948. The number of nitrogens with one attached hydrogen (secondary N) is 3. The third-order valence-electron chi connectivity index (χ3n) is 3.76. The van der Waals surface area contributed by atoms with Crippen molar-refractivity contribution in [2.24, 2.45) is 0 Å². The summed E-state index contributed by atoms with van der Waals surface area (Å²) in [4.78, 5) is 25.6. The van der Waals surface area contributed by atoms with Crippen LogP contribution in [0.4, 0.5) is 10.7 Å². The molecule has 2 aromatic heterocycles. The molecule has 146 valence electrons. The number of aromatic nitrogens is 4. The molecule has 3 N–H and O–H groups in total. The number of carbonyl (C=O) groups is 2. The Hall–Kier alpha value is -3.69. The minimum atomic E-state index is -0.462. The largest absolute Gasteiger partial charge is 0.467 e. The van der Waals surface area contributed by atoms with Gasteiger partial charge in [-0.25, -0.2) is 4.79 Å². The zero-order valence-electron chi connectivity index (χ0n) is 15.5. The molecule has 0 atom stereocenters. The molecule has 3 rings (SSSR count). The van der Waals surface area contributed by atoms with Crippen LogP contribution in [0.15, 0.2) is 47.1 Å². The molecule has 3 amide bonds. The topological polar surface area (TPSA) is 127 Å². The molecule has 1 aromatic carbocycles. The first-order chi connectivity index (χ1) is 13.5. The summed E-state index contributed by atoms with van der Waals surface area (Å²) in [5.41, 5.74) is 1.27. The van der Waals surface area contributed by atoms with Crippen molar-refractivity contribution in [3.05, 3.63) is 59.5 Å². The Bertz CT molecular complexity index is 934. The van der Waals surface area contributed by atoms with E-state index in [-0.39, 0.29) is 24.4 Å². The van der Waals surface area contributed by atoms with Crippen molar-refractivity contribution >= 4 is 17.9 Å². The van der Waals surface area contributed by atoms with Gasteiger partial charge in [0.15, 0.2) is 0 Å². The number of nitrogens with zero attached hydrogens (tertiary/aromatic N) is 4. The van der Waals surface area contributed by atoms with Crippen LogP contribution >= 0.6 is 0 Å². The van der Waals surface area contributed by atoms with Gasteiger partial charge >= 0.3 is 6.03 Å². The first-order valence-corrected chi connectivity index (χ1v) is 8.75. The van der Waals surface area contributed by atoms with Gasteiger partial charge < -0.3 is 15.1 Å². The molecule has 0 aliphatic heterocycles. The summed E-state index contributed by atoms with van der Waals surface area (Å²) in [7, 11) is 0. The molecular weight excluding hydrogens is 362 g/mol. The molecule has 0 aliphatic carbocycles. The van der Waals surface area contributed by atoms with Crippen LogP contribution in [0.3, 0.4) is 0 Å². The average Bonchev–Trinajstić information content (AvgIpc) is 3.37. The Balaban J connectivity index is 1.50. The van der Waals surface area contributed by atoms with E-state index in [9.17, 15) is 9.59 Å². The fourth-order valence-corrected chi connectivity index (χ4v) is 2.33. The Kier molecular flexibility index (Phi) is 6.00. The zero-order valence-corrected chi connectivity index (χ0v) is 15.5. The molecule has 0 radical (unpaired) electrons. The van der Waals surface area contributed by atoms with Crippen molar-refractivity contribution in [1.82, 2.24) is 30.8 Å². The van der Waals surface area contributed by atoms with E-state index in [2.05, 4.69) is 31.4 Å². The number of benzene rings is 1. The lowest BCUT2D eigenvalue weighted by Gasteiger charge is -2.08. The van der Waals surface area contributed by atoms with Crippen LogP contribution in [0.1, 0.15) is 41.6 Å². The van der Waals surface area contributed by atoms with Crippen LogP contribution in [0.5, 0.6) is 0 Å². The van der Waals surface area contributed by atoms with Gasteiger partial charge in [0.2, 0.25) is 0 Å². The van der Waals surface area contributed by atoms with Crippen molar-refractivity contribution in [2.45, 2.75) is 33.0 Å². The smallest absolute Gasteiger partial charge is 0.321 e. The standard InChI is InChI=1S/C18H21N7O3/c1-12(2)25-23-17(22-24-25)21-18(27)20-10-13-5-3-6-14(9-13)16(26)19-11-15-7-4-8-28-15/h3-9,12H,10-11H2,1-2H3,(H,19,26)(H2,20,21,23,27). The van der Waals surface area contributed by atoms with Gasteiger partial charge in [-0.2, -0.15) is 4.80 Å². The summed E-state index contributed by atoms with van der Waals surface area (Å²) in [5, 5.41) is 19.6. The molecule has 3 aromatic rings. The third kappa shape index (κ3) is 5.16. The summed E-state index contributed by atoms with van der Waals surface area (Å²) in [5.74, 6) is 0.570.